The van der Waals surface area contributed by atoms with Crippen molar-refractivity contribution in [1.29, 1.82) is 0 Å². The summed E-state index contributed by atoms with van der Waals surface area (Å²) in [5.41, 5.74) is 1.58. The van der Waals surface area contributed by atoms with Crippen LogP contribution in [-0.2, 0) is 25.8 Å². The second kappa shape index (κ2) is 15.3. The fraction of sp³-hybridized carbons (Fsp3) is 0.588. The van der Waals surface area contributed by atoms with Gasteiger partial charge in [0.1, 0.15) is 0 Å². The normalized spacial score (nSPS) is 18.9. The summed E-state index contributed by atoms with van der Waals surface area (Å²) in [5.74, 6) is 0.884. The van der Waals surface area contributed by atoms with Gasteiger partial charge in [0.25, 0.3) is 0 Å². The minimum Gasteiger partial charge on any atom is -0.343 e. The molecule has 1 fully saturated rings. The number of unbranched alkanes of at least 4 members (excludes halogenated alkanes) is 2. The van der Waals surface area contributed by atoms with Gasteiger partial charge in [-0.2, -0.15) is 12.8 Å². The molecular weight excluding hydrogens is 383 g/mol. The molecule has 0 saturated heterocycles. The van der Waals surface area contributed by atoms with Gasteiger partial charge in [-0.25, -0.2) is 18.1 Å². The van der Waals surface area contributed by atoms with Crippen molar-refractivity contribution in [2.75, 3.05) is 0 Å². The summed E-state index contributed by atoms with van der Waals surface area (Å²) in [6.07, 6.45) is 17.6. The van der Waals surface area contributed by atoms with Crippen LogP contribution >= 0.6 is 0 Å². The molecule has 1 heteroatoms. The molecule has 0 radical (unpaired) electrons. The smallest absolute Gasteiger partial charge is 0 e. The van der Waals surface area contributed by atoms with Gasteiger partial charge in [0.15, 0.2) is 0 Å². The Bertz CT molecular complexity index is 208. The van der Waals surface area contributed by atoms with Crippen molar-refractivity contribution in [3.63, 3.8) is 0 Å². The monoisotopic (exact) mass is 413 g/mol. The van der Waals surface area contributed by atoms with Gasteiger partial charge in [-0.3, -0.25) is 0 Å². The fourth-order valence-corrected chi connectivity index (χ4v) is 1.66. The molecule has 1 unspecified atom stereocenters. The van der Waals surface area contributed by atoms with Crippen LogP contribution in [0, 0.1) is 26.2 Å². The van der Waals surface area contributed by atoms with Crippen LogP contribution in [0.25, 0.3) is 0 Å². The van der Waals surface area contributed by atoms with Gasteiger partial charge in [0, 0.05) is 25.8 Å². The molecule has 1 saturated carbocycles. The van der Waals surface area contributed by atoms with E-state index in [0.717, 1.165) is 18.8 Å². The van der Waals surface area contributed by atoms with E-state index in [1.165, 1.54) is 32.1 Å². The van der Waals surface area contributed by atoms with Crippen molar-refractivity contribution < 1.29 is 25.8 Å². The largest absolute Gasteiger partial charge is 0.343 e. The third-order valence-corrected chi connectivity index (χ3v) is 2.92. The predicted molar refractivity (Wildman–Crippen MR) is 79.4 cm³/mol. The van der Waals surface area contributed by atoms with Gasteiger partial charge in [-0.05, 0) is 12.3 Å². The van der Waals surface area contributed by atoms with Crippen LogP contribution in [0.1, 0.15) is 58.8 Å². The van der Waals surface area contributed by atoms with Crippen LogP contribution in [0.4, 0.5) is 0 Å². The average molecular weight is 412 g/mol. The van der Waals surface area contributed by atoms with Crippen molar-refractivity contribution in [2.24, 2.45) is 5.92 Å². The number of hydrogen-bond acceptors (Lipinski definition) is 0. The molecule has 1 atom stereocenters. The van der Waals surface area contributed by atoms with E-state index in [0.29, 0.717) is 0 Å². The van der Waals surface area contributed by atoms with Crippen molar-refractivity contribution in [1.82, 2.24) is 0 Å². The Morgan fingerprint density at radius 3 is 2.22 bits per heavy atom. The van der Waals surface area contributed by atoms with Gasteiger partial charge in [-0.15, -0.1) is 18.6 Å². The third kappa shape index (κ3) is 10.2. The second-order valence-corrected chi connectivity index (χ2v) is 4.52. The van der Waals surface area contributed by atoms with Gasteiger partial charge in [0.2, 0.25) is 0 Å². The quantitative estimate of drug-likeness (QED) is 0.402. The van der Waals surface area contributed by atoms with E-state index in [4.69, 9.17) is 0 Å². The van der Waals surface area contributed by atoms with E-state index in [1.807, 2.05) is 0 Å². The van der Waals surface area contributed by atoms with Crippen LogP contribution in [0.3, 0.4) is 0 Å². The van der Waals surface area contributed by atoms with Crippen molar-refractivity contribution in [3.8, 4) is 0 Å². The summed E-state index contributed by atoms with van der Waals surface area (Å²) in [6.45, 7) is 11.4. The Labute approximate surface area is 134 Å². The Morgan fingerprint density at radius 2 is 1.78 bits per heavy atom. The summed E-state index contributed by atoms with van der Waals surface area (Å²) >= 11 is 0. The Hall–Kier alpha value is 0.220. The van der Waals surface area contributed by atoms with Crippen LogP contribution in [0.5, 0.6) is 0 Å². The molecule has 0 heterocycles. The zero-order valence-corrected chi connectivity index (χ0v) is 15.8. The van der Waals surface area contributed by atoms with Gasteiger partial charge in [-0.1, -0.05) is 33.1 Å². The summed E-state index contributed by atoms with van der Waals surface area (Å²) in [4.78, 5) is 0. The summed E-state index contributed by atoms with van der Waals surface area (Å²) < 4.78 is 0. The molecule has 0 spiro atoms. The van der Waals surface area contributed by atoms with E-state index >= 15 is 0 Å². The first-order chi connectivity index (χ1) is 8.29. The number of fused-ring (bicyclic) bond motifs is 1. The molecule has 104 valence electrons. The molecule has 0 bridgehead atoms. The molecule has 2 aliphatic rings. The third-order valence-electron chi connectivity index (χ3n) is 2.92. The molecule has 0 aliphatic heterocycles. The van der Waals surface area contributed by atoms with Crippen LogP contribution < -0.4 is 0 Å². The Balaban J connectivity index is 0. The first-order valence-corrected chi connectivity index (χ1v) is 7.08. The number of allylic oxidation sites excluding steroid dienone is 4. The molecule has 0 aromatic rings. The van der Waals surface area contributed by atoms with E-state index in [9.17, 15) is 0 Å². The fourth-order valence-electron chi connectivity index (χ4n) is 1.66. The van der Waals surface area contributed by atoms with Crippen molar-refractivity contribution >= 4 is 0 Å². The summed E-state index contributed by atoms with van der Waals surface area (Å²) in [7, 11) is 0. The van der Waals surface area contributed by atoms with Crippen molar-refractivity contribution in [2.45, 2.75) is 58.8 Å². The molecule has 0 nitrogen and oxygen atoms in total. The molecule has 2 rings (SSSR count). The van der Waals surface area contributed by atoms with Crippen LogP contribution in [0.2, 0.25) is 0 Å². The minimum atomic E-state index is 0. The predicted octanol–water partition coefficient (Wildman–Crippen LogP) is 5.73. The maximum Gasteiger partial charge on any atom is 0 e. The zero-order chi connectivity index (χ0) is 12.9. The van der Waals surface area contributed by atoms with E-state index < -0.39 is 0 Å². The van der Waals surface area contributed by atoms with Gasteiger partial charge >= 0.3 is 0 Å². The first kappa shape index (κ1) is 20.5. The number of rotatable bonds is 2. The Kier molecular flexibility index (Phi) is 17.4. The molecule has 0 aromatic carbocycles. The number of hydrogen-bond donors (Lipinski definition) is 0. The first-order valence-electron chi connectivity index (χ1n) is 7.08. The molecule has 0 N–H and O–H groups in total. The standard InChI is InChI=1S/C9H11.2C4H9.Hf/c1-2-5-9-7-3-6-8(9)4-1;2*1-3-4-2;/h1-2,4,6,9H,3,5,7H2;2*1,3-4H2,2H3;/q3*-1;. The maximum atomic E-state index is 3.60. The SMILES string of the molecule is C1=CCC2CC[CH-]C2=C1.[CH2-]CCC.[CH2-]CCC.[Hf]. The van der Waals surface area contributed by atoms with Gasteiger partial charge < -0.3 is 13.8 Å². The van der Waals surface area contributed by atoms with E-state index in [1.54, 1.807) is 5.57 Å². The molecule has 0 amide bonds. The topological polar surface area (TPSA) is 0 Å². The Morgan fingerprint density at radius 1 is 1.22 bits per heavy atom. The van der Waals surface area contributed by atoms with Crippen LogP contribution in [-0.4, -0.2) is 0 Å². The summed E-state index contributed by atoms with van der Waals surface area (Å²) in [5, 5.41) is 0. The van der Waals surface area contributed by atoms with E-state index in [2.05, 4.69) is 52.3 Å². The second-order valence-electron chi connectivity index (χ2n) is 4.52. The van der Waals surface area contributed by atoms with Crippen molar-refractivity contribution in [3.05, 3.63) is 44.1 Å². The van der Waals surface area contributed by atoms with Crippen LogP contribution in [0.15, 0.2) is 23.8 Å². The van der Waals surface area contributed by atoms with E-state index in [-0.39, 0.29) is 25.8 Å². The maximum absolute atomic E-state index is 3.60. The zero-order valence-electron chi connectivity index (χ0n) is 12.3. The molecular formula is C17H29Hf-3. The minimum absolute atomic E-state index is 0. The molecule has 18 heavy (non-hydrogen) atoms. The molecule has 2 aliphatic carbocycles. The van der Waals surface area contributed by atoms with Gasteiger partial charge in [0.05, 0.1) is 0 Å². The molecule has 0 aromatic heterocycles. The average Bonchev–Trinajstić information content (AvgIpc) is 2.87. The summed E-state index contributed by atoms with van der Waals surface area (Å²) in [6, 6.07) is 0.